The predicted octanol–water partition coefficient (Wildman–Crippen LogP) is 2.20. The number of aryl methyl sites for hydroxylation is 1. The van der Waals surface area contributed by atoms with Crippen LogP contribution < -0.4 is 5.32 Å². The molecule has 0 bridgehead atoms. The molecule has 2 rings (SSSR count). The van der Waals surface area contributed by atoms with E-state index in [1.807, 2.05) is 12.3 Å². The molecular weight excluding hydrogens is 160 g/mol. The van der Waals surface area contributed by atoms with Gasteiger partial charge in [0.15, 0.2) is 0 Å². The summed E-state index contributed by atoms with van der Waals surface area (Å²) < 4.78 is 0. The molecule has 1 aliphatic heterocycles. The third-order valence-corrected chi connectivity index (χ3v) is 2.73. The lowest BCUT2D eigenvalue weighted by atomic mass is 9.97. The molecule has 1 aromatic heterocycles. The minimum atomic E-state index is 0.544. The maximum absolute atomic E-state index is 4.31. The summed E-state index contributed by atoms with van der Waals surface area (Å²) in [6, 6.07) is 4.76. The Morgan fingerprint density at radius 1 is 1.46 bits per heavy atom. The summed E-state index contributed by atoms with van der Waals surface area (Å²) in [5, 5.41) is 3.54. The second-order valence-corrected chi connectivity index (χ2v) is 3.68. The van der Waals surface area contributed by atoms with Gasteiger partial charge in [-0.1, -0.05) is 12.5 Å². The van der Waals surface area contributed by atoms with Crippen LogP contribution in [0, 0.1) is 6.92 Å². The van der Waals surface area contributed by atoms with Crippen LogP contribution in [0.15, 0.2) is 18.3 Å². The third kappa shape index (κ3) is 1.89. The Bertz CT molecular complexity index is 277. The van der Waals surface area contributed by atoms with E-state index < -0.39 is 0 Å². The summed E-state index contributed by atoms with van der Waals surface area (Å²) >= 11 is 0. The van der Waals surface area contributed by atoms with Gasteiger partial charge in [0.1, 0.15) is 0 Å². The van der Waals surface area contributed by atoms with Crippen LogP contribution in [0.3, 0.4) is 0 Å². The molecule has 1 fully saturated rings. The molecule has 2 heteroatoms. The third-order valence-electron chi connectivity index (χ3n) is 2.73. The average molecular weight is 176 g/mol. The van der Waals surface area contributed by atoms with Crippen molar-refractivity contribution in [2.45, 2.75) is 32.2 Å². The number of hydrogen-bond acceptors (Lipinski definition) is 2. The van der Waals surface area contributed by atoms with E-state index in [1.165, 1.54) is 30.5 Å². The zero-order chi connectivity index (χ0) is 9.10. The highest BCUT2D eigenvalue weighted by atomic mass is 14.9. The molecule has 70 valence electrons. The first-order valence-electron chi connectivity index (χ1n) is 5.03. The second-order valence-electron chi connectivity index (χ2n) is 3.68. The Kier molecular flexibility index (Phi) is 2.60. The van der Waals surface area contributed by atoms with Gasteiger partial charge in [0, 0.05) is 17.9 Å². The molecule has 0 aromatic carbocycles. The zero-order valence-corrected chi connectivity index (χ0v) is 8.09. The molecule has 2 nitrogen and oxygen atoms in total. The number of nitrogens with one attached hydrogen (secondary N) is 1. The molecule has 0 spiro atoms. The lowest BCUT2D eigenvalue weighted by Gasteiger charge is -2.24. The van der Waals surface area contributed by atoms with E-state index in [9.17, 15) is 0 Å². The summed E-state index contributed by atoms with van der Waals surface area (Å²) in [5.74, 6) is 0. The highest BCUT2D eigenvalue weighted by molar-refractivity contribution is 5.22. The Morgan fingerprint density at radius 3 is 3.08 bits per heavy atom. The molecule has 0 unspecified atom stereocenters. The highest BCUT2D eigenvalue weighted by Gasteiger charge is 2.15. The number of nitrogens with zero attached hydrogens (tertiary/aromatic N) is 1. The summed E-state index contributed by atoms with van der Waals surface area (Å²) in [6.45, 7) is 3.24. The predicted molar refractivity (Wildman–Crippen MR) is 53.6 cm³/mol. The minimum absolute atomic E-state index is 0.544. The van der Waals surface area contributed by atoms with Gasteiger partial charge in [0.05, 0.1) is 0 Å². The van der Waals surface area contributed by atoms with E-state index in [-0.39, 0.29) is 0 Å². The first-order valence-corrected chi connectivity index (χ1v) is 5.03. The van der Waals surface area contributed by atoms with E-state index in [0.29, 0.717) is 6.04 Å². The molecule has 1 aliphatic rings. The number of aromatic nitrogens is 1. The van der Waals surface area contributed by atoms with E-state index >= 15 is 0 Å². The van der Waals surface area contributed by atoms with Crippen molar-refractivity contribution in [2.75, 3.05) is 6.54 Å². The Labute approximate surface area is 79.4 Å². The van der Waals surface area contributed by atoms with Crippen LogP contribution in [0.4, 0.5) is 0 Å². The second kappa shape index (κ2) is 3.88. The van der Waals surface area contributed by atoms with Crippen molar-refractivity contribution >= 4 is 0 Å². The van der Waals surface area contributed by atoms with Crippen molar-refractivity contribution < 1.29 is 0 Å². The fourth-order valence-electron chi connectivity index (χ4n) is 1.98. The number of rotatable bonds is 1. The lowest BCUT2D eigenvalue weighted by molar-refractivity contribution is 0.410. The van der Waals surface area contributed by atoms with Crippen molar-refractivity contribution in [3.8, 4) is 0 Å². The SMILES string of the molecule is Cc1ncccc1[C@H]1CCCCN1. The number of piperidine rings is 1. The molecule has 0 radical (unpaired) electrons. The molecule has 0 amide bonds. The highest BCUT2D eigenvalue weighted by Crippen LogP contribution is 2.23. The zero-order valence-electron chi connectivity index (χ0n) is 8.09. The van der Waals surface area contributed by atoms with E-state index in [2.05, 4.69) is 23.3 Å². The summed E-state index contributed by atoms with van der Waals surface area (Å²) in [5.41, 5.74) is 2.55. The van der Waals surface area contributed by atoms with Gasteiger partial charge in [-0.3, -0.25) is 4.98 Å². The largest absolute Gasteiger partial charge is 0.310 e. The first-order chi connectivity index (χ1) is 6.38. The number of hydrogen-bond donors (Lipinski definition) is 1. The van der Waals surface area contributed by atoms with Crippen LogP contribution >= 0.6 is 0 Å². The number of pyridine rings is 1. The van der Waals surface area contributed by atoms with Gasteiger partial charge in [0.2, 0.25) is 0 Å². The maximum atomic E-state index is 4.31. The van der Waals surface area contributed by atoms with E-state index in [4.69, 9.17) is 0 Å². The van der Waals surface area contributed by atoms with Crippen LogP contribution in [-0.2, 0) is 0 Å². The molecule has 1 saturated heterocycles. The standard InChI is InChI=1S/C11H16N2/c1-9-10(5-4-8-12-9)11-6-2-3-7-13-11/h4-5,8,11,13H,2-3,6-7H2,1H3/t11-/m1/s1. The molecule has 13 heavy (non-hydrogen) atoms. The molecular formula is C11H16N2. The van der Waals surface area contributed by atoms with Crippen molar-refractivity contribution in [3.05, 3.63) is 29.6 Å². The average Bonchev–Trinajstić information content (AvgIpc) is 2.20. The van der Waals surface area contributed by atoms with Crippen LogP contribution in [0.1, 0.15) is 36.6 Å². The van der Waals surface area contributed by atoms with Crippen molar-refractivity contribution in [2.24, 2.45) is 0 Å². The van der Waals surface area contributed by atoms with Crippen molar-refractivity contribution in [3.63, 3.8) is 0 Å². The monoisotopic (exact) mass is 176 g/mol. The van der Waals surface area contributed by atoms with Crippen LogP contribution in [0.2, 0.25) is 0 Å². The lowest BCUT2D eigenvalue weighted by Crippen LogP contribution is -2.27. The molecule has 0 aliphatic carbocycles. The topological polar surface area (TPSA) is 24.9 Å². The van der Waals surface area contributed by atoms with Crippen molar-refractivity contribution in [1.29, 1.82) is 0 Å². The van der Waals surface area contributed by atoms with Gasteiger partial charge >= 0.3 is 0 Å². The molecule has 0 saturated carbocycles. The van der Waals surface area contributed by atoms with E-state index in [1.54, 1.807) is 0 Å². The van der Waals surface area contributed by atoms with Crippen LogP contribution in [-0.4, -0.2) is 11.5 Å². The van der Waals surface area contributed by atoms with Gasteiger partial charge < -0.3 is 5.32 Å². The van der Waals surface area contributed by atoms with Gasteiger partial charge in [0.25, 0.3) is 0 Å². The summed E-state index contributed by atoms with van der Waals surface area (Å²) in [4.78, 5) is 4.31. The Hall–Kier alpha value is -0.890. The Morgan fingerprint density at radius 2 is 2.38 bits per heavy atom. The van der Waals surface area contributed by atoms with E-state index in [0.717, 1.165) is 6.54 Å². The smallest absolute Gasteiger partial charge is 0.0420 e. The summed E-state index contributed by atoms with van der Waals surface area (Å²) in [7, 11) is 0. The molecule has 1 atom stereocenters. The van der Waals surface area contributed by atoms with Gasteiger partial charge in [-0.25, -0.2) is 0 Å². The fraction of sp³-hybridized carbons (Fsp3) is 0.545. The summed E-state index contributed by atoms with van der Waals surface area (Å²) in [6.07, 6.45) is 5.77. The van der Waals surface area contributed by atoms with Crippen LogP contribution in [0.25, 0.3) is 0 Å². The first kappa shape index (κ1) is 8.70. The van der Waals surface area contributed by atoms with Gasteiger partial charge in [-0.05, 0) is 37.9 Å². The quantitative estimate of drug-likeness (QED) is 0.709. The minimum Gasteiger partial charge on any atom is -0.310 e. The molecule has 2 heterocycles. The molecule has 1 aromatic rings. The van der Waals surface area contributed by atoms with Gasteiger partial charge in [-0.15, -0.1) is 0 Å². The van der Waals surface area contributed by atoms with Crippen molar-refractivity contribution in [1.82, 2.24) is 10.3 Å². The van der Waals surface area contributed by atoms with Crippen LogP contribution in [0.5, 0.6) is 0 Å². The fourth-order valence-corrected chi connectivity index (χ4v) is 1.98. The molecule has 1 N–H and O–H groups in total. The maximum Gasteiger partial charge on any atom is 0.0420 e. The normalized spacial score (nSPS) is 23.0. The van der Waals surface area contributed by atoms with Gasteiger partial charge in [-0.2, -0.15) is 0 Å². The Balaban J connectivity index is 2.18.